The van der Waals surface area contributed by atoms with Gasteiger partial charge in [-0.2, -0.15) is 0 Å². The van der Waals surface area contributed by atoms with Gasteiger partial charge in [-0.15, -0.1) is 4.33 Å². The molecule has 7 N–H and O–H groups in total. The lowest BCUT2D eigenvalue weighted by molar-refractivity contribution is -0.432. The molecule has 0 saturated heterocycles. The topological polar surface area (TPSA) is 180 Å². The molecule has 0 spiro atoms. The van der Waals surface area contributed by atoms with Crippen LogP contribution in [0.4, 0.5) is 0 Å². The first-order valence-corrected chi connectivity index (χ1v) is 7.69. The Morgan fingerprint density at radius 1 is 1.19 bits per heavy atom. The van der Waals surface area contributed by atoms with Crippen LogP contribution in [0, 0.1) is 0 Å². The fourth-order valence-corrected chi connectivity index (χ4v) is 3.69. The highest BCUT2D eigenvalue weighted by molar-refractivity contribution is 7.94. The Bertz CT molecular complexity index is 288. The molecular weight excluding hydrogens is 288 g/mol. The average molecular weight is 299 g/mol. The zero-order valence-corrected chi connectivity index (χ0v) is 10.3. The van der Waals surface area contributed by atoms with Crippen molar-refractivity contribution >= 4 is 27.2 Å². The fraction of sp³-hybridized carbons (Fsp3) is 1.00. The van der Waals surface area contributed by atoms with Crippen LogP contribution in [-0.2, 0) is 18.5 Å². The van der Waals surface area contributed by atoms with Gasteiger partial charge in [-0.3, -0.25) is 9.13 Å². The third-order valence-electron chi connectivity index (χ3n) is 1.64. The maximum absolute atomic E-state index is 10.9. The summed E-state index contributed by atoms with van der Waals surface area (Å²) in [6, 6.07) is 0. The molecule has 0 unspecified atom stereocenters. The summed E-state index contributed by atoms with van der Waals surface area (Å²) < 4.78 is 25.7. The van der Waals surface area contributed by atoms with Gasteiger partial charge in [0.15, 0.2) is 0 Å². The van der Waals surface area contributed by atoms with E-state index in [-0.39, 0.29) is 5.75 Å². The van der Waals surface area contributed by atoms with Crippen molar-refractivity contribution in [1.29, 1.82) is 0 Å². The van der Waals surface area contributed by atoms with E-state index in [0.29, 0.717) is 12.0 Å². The monoisotopic (exact) mass is 299 g/mol. The summed E-state index contributed by atoms with van der Waals surface area (Å²) in [6.07, 6.45) is -0.740. The van der Waals surface area contributed by atoms with E-state index >= 15 is 0 Å². The van der Waals surface area contributed by atoms with Gasteiger partial charge in [-0.25, -0.2) is 5.26 Å². The Balaban J connectivity index is 4.73. The van der Waals surface area contributed by atoms with Gasteiger partial charge in [-0.05, 0) is 0 Å². The van der Waals surface area contributed by atoms with Crippen LogP contribution in [0.2, 0.25) is 0 Å². The lowest BCUT2D eigenvalue weighted by Gasteiger charge is -2.29. The summed E-state index contributed by atoms with van der Waals surface area (Å²) in [4.78, 5) is 35.2. The predicted octanol–water partition coefficient (Wildman–Crippen LogP) is -0.586. The molecule has 0 aromatic heterocycles. The number of hydrogen-bond donors (Lipinski definition) is 6. The highest BCUT2D eigenvalue weighted by atomic mass is 32.2. The molecule has 13 heteroatoms. The normalized spacial score (nSPS) is 14.1. The first-order chi connectivity index (χ1) is 7.06. The highest BCUT2D eigenvalue weighted by Crippen LogP contribution is 2.67. The Morgan fingerprint density at radius 3 is 1.94 bits per heavy atom. The largest absolute Gasteiger partial charge is 0.357 e. The number of rotatable bonds is 7. The van der Waals surface area contributed by atoms with Crippen molar-refractivity contribution < 1.29 is 43.3 Å². The molecule has 0 aliphatic heterocycles. The van der Waals surface area contributed by atoms with Crippen molar-refractivity contribution in [3.63, 3.8) is 0 Å². The van der Waals surface area contributed by atoms with Crippen molar-refractivity contribution in [3.05, 3.63) is 0 Å². The Morgan fingerprint density at radius 2 is 1.62 bits per heavy atom. The van der Waals surface area contributed by atoms with Gasteiger partial charge in [0.1, 0.15) is 0 Å². The van der Waals surface area contributed by atoms with Crippen LogP contribution >= 0.6 is 27.2 Å². The van der Waals surface area contributed by atoms with E-state index in [1.54, 1.807) is 0 Å². The second kappa shape index (κ2) is 5.89. The Hall–Kier alpha value is 0.490. The molecule has 0 heterocycles. The zero-order valence-electron chi connectivity index (χ0n) is 7.66. The summed E-state index contributed by atoms with van der Waals surface area (Å²) in [5.41, 5.74) is 5.04. The van der Waals surface area contributed by atoms with E-state index in [1.807, 2.05) is 0 Å². The number of nitrogens with two attached hydrogens (primary N) is 1. The maximum Gasteiger partial charge on any atom is 0.357 e. The van der Waals surface area contributed by atoms with E-state index in [0.717, 1.165) is 0 Å². The van der Waals surface area contributed by atoms with E-state index < -0.39 is 26.6 Å². The van der Waals surface area contributed by atoms with Gasteiger partial charge in [0.25, 0.3) is 0 Å². The highest BCUT2D eigenvalue weighted by Gasteiger charge is 2.56. The first-order valence-electron chi connectivity index (χ1n) is 3.56. The Labute approximate surface area is 94.1 Å². The molecule has 0 fully saturated rings. The fourth-order valence-electron chi connectivity index (χ4n) is 0.708. The van der Waals surface area contributed by atoms with Crippen LogP contribution in [0.15, 0.2) is 0 Å². The second-order valence-corrected chi connectivity index (χ2v) is 7.59. The van der Waals surface area contributed by atoms with Crippen molar-refractivity contribution in [2.45, 2.75) is 11.4 Å². The molecule has 0 aromatic rings. The van der Waals surface area contributed by atoms with E-state index in [9.17, 15) is 9.13 Å². The van der Waals surface area contributed by atoms with Crippen LogP contribution in [0.1, 0.15) is 6.42 Å². The molecule has 0 bridgehead atoms. The molecule has 98 valence electrons. The summed E-state index contributed by atoms with van der Waals surface area (Å²) >= 11 is 0.373. The standard InChI is InChI=1S/C3H11NO9P2S/c4-3(14(6,7)8,15(9,10)11)1-2-16-13-12-5/h5H,1-2,4H2,(H2,6,7,8)(H2,9,10,11). The van der Waals surface area contributed by atoms with Crippen LogP contribution in [0.5, 0.6) is 0 Å². The molecule has 0 aliphatic rings. The van der Waals surface area contributed by atoms with Crippen molar-refractivity contribution in [2.24, 2.45) is 5.73 Å². The maximum atomic E-state index is 10.9. The quantitative estimate of drug-likeness (QED) is 0.116. The molecule has 0 radical (unpaired) electrons. The lowest BCUT2D eigenvalue weighted by atomic mass is 10.5. The summed E-state index contributed by atoms with van der Waals surface area (Å²) in [7, 11) is -10.4. The summed E-state index contributed by atoms with van der Waals surface area (Å²) in [6.45, 7) is 0. The van der Waals surface area contributed by atoms with E-state index in [2.05, 4.69) is 9.37 Å². The van der Waals surface area contributed by atoms with Gasteiger partial charge in [0.2, 0.25) is 5.02 Å². The summed E-state index contributed by atoms with van der Waals surface area (Å²) in [5, 5.41) is 7.92. The minimum Gasteiger partial charge on any atom is -0.323 e. The third-order valence-corrected chi connectivity index (χ3v) is 6.20. The molecular formula is C3H11NO9P2S. The average Bonchev–Trinajstić information content (AvgIpc) is 2.08. The summed E-state index contributed by atoms with van der Waals surface area (Å²) in [5.74, 6) is -0.312. The first kappa shape index (κ1) is 16.5. The van der Waals surface area contributed by atoms with Crippen LogP contribution in [-0.4, -0.2) is 35.6 Å². The second-order valence-electron chi connectivity index (χ2n) is 2.68. The molecule has 0 saturated carbocycles. The predicted molar refractivity (Wildman–Crippen MR) is 52.9 cm³/mol. The van der Waals surface area contributed by atoms with Crippen LogP contribution in [0.25, 0.3) is 0 Å². The van der Waals surface area contributed by atoms with Crippen molar-refractivity contribution in [1.82, 2.24) is 0 Å². The molecule has 0 rings (SSSR count). The van der Waals surface area contributed by atoms with Gasteiger partial charge in [0, 0.05) is 24.2 Å². The van der Waals surface area contributed by atoms with Crippen LogP contribution < -0.4 is 5.73 Å². The van der Waals surface area contributed by atoms with Crippen molar-refractivity contribution in [3.8, 4) is 0 Å². The molecule has 10 nitrogen and oxygen atoms in total. The third kappa shape index (κ3) is 4.06. The zero-order chi connectivity index (χ0) is 13.0. The molecule has 0 atom stereocenters. The smallest absolute Gasteiger partial charge is 0.323 e. The molecule has 0 aromatic carbocycles. The lowest BCUT2D eigenvalue weighted by Crippen LogP contribution is -2.39. The SMILES string of the molecule is NC(CCSOOO)(P(=O)(O)O)P(=O)(O)O. The Kier molecular flexibility index (Phi) is 6.07. The van der Waals surface area contributed by atoms with Gasteiger partial charge in [0.05, 0.1) is 0 Å². The molecule has 0 aliphatic carbocycles. The molecule has 16 heavy (non-hydrogen) atoms. The van der Waals surface area contributed by atoms with E-state index in [4.69, 9.17) is 30.6 Å². The molecule has 0 amide bonds. The van der Waals surface area contributed by atoms with E-state index in [1.165, 1.54) is 0 Å². The number of hydrogen-bond acceptors (Lipinski definition) is 7. The van der Waals surface area contributed by atoms with Crippen molar-refractivity contribution in [2.75, 3.05) is 5.75 Å². The van der Waals surface area contributed by atoms with Gasteiger partial charge >= 0.3 is 15.2 Å². The van der Waals surface area contributed by atoms with Gasteiger partial charge in [-0.1, -0.05) is 5.04 Å². The van der Waals surface area contributed by atoms with Crippen LogP contribution in [0.3, 0.4) is 0 Å². The van der Waals surface area contributed by atoms with Gasteiger partial charge < -0.3 is 25.3 Å². The minimum atomic E-state index is -5.22. The minimum absolute atomic E-state index is 0.312.